The van der Waals surface area contributed by atoms with Crippen molar-refractivity contribution in [2.75, 3.05) is 5.32 Å². The molecule has 0 radical (unpaired) electrons. The fourth-order valence-electron chi connectivity index (χ4n) is 2.84. The highest BCUT2D eigenvalue weighted by atomic mass is 35.5. The molecule has 0 fully saturated rings. The fraction of sp³-hybridized carbons (Fsp3) is 0.174. The predicted molar refractivity (Wildman–Crippen MR) is 119 cm³/mol. The highest BCUT2D eigenvalue weighted by Crippen LogP contribution is 2.36. The van der Waals surface area contributed by atoms with Gasteiger partial charge in [-0.1, -0.05) is 11.6 Å². The van der Waals surface area contributed by atoms with Gasteiger partial charge >= 0.3 is 6.18 Å². The number of anilines is 1. The van der Waals surface area contributed by atoms with E-state index in [-0.39, 0.29) is 34.0 Å². The SMILES string of the molecule is CC(C)Oc1ccc(Oc2ccc(C(F)(F)F)cc2C(=O)Nc2ccnc(C(N)=O)c2)cc1Cl. The Bertz CT molecular complexity index is 1230. The monoisotopic (exact) mass is 493 g/mol. The van der Waals surface area contributed by atoms with Gasteiger partial charge in [0.2, 0.25) is 0 Å². The Morgan fingerprint density at radius 3 is 2.38 bits per heavy atom. The number of ether oxygens (including phenoxy) is 2. The van der Waals surface area contributed by atoms with E-state index >= 15 is 0 Å². The molecule has 0 bridgehead atoms. The minimum atomic E-state index is -4.69. The first-order chi connectivity index (χ1) is 15.9. The van der Waals surface area contributed by atoms with Gasteiger partial charge in [0.1, 0.15) is 22.9 Å². The molecule has 2 amide bonds. The maximum Gasteiger partial charge on any atom is 0.416 e. The lowest BCUT2D eigenvalue weighted by molar-refractivity contribution is -0.137. The zero-order chi connectivity index (χ0) is 25.0. The van der Waals surface area contributed by atoms with Gasteiger partial charge in [0, 0.05) is 18.0 Å². The molecule has 0 unspecified atom stereocenters. The number of alkyl halides is 3. The summed E-state index contributed by atoms with van der Waals surface area (Å²) in [5.74, 6) is -1.31. The number of rotatable bonds is 7. The van der Waals surface area contributed by atoms with Crippen LogP contribution in [0.3, 0.4) is 0 Å². The third-order valence-corrected chi connectivity index (χ3v) is 4.61. The number of pyridine rings is 1. The molecule has 1 aromatic heterocycles. The van der Waals surface area contributed by atoms with Crippen molar-refractivity contribution in [2.24, 2.45) is 5.73 Å². The molecular weight excluding hydrogens is 475 g/mol. The van der Waals surface area contributed by atoms with Gasteiger partial charge in [-0.15, -0.1) is 0 Å². The number of primary amides is 1. The van der Waals surface area contributed by atoms with E-state index in [4.69, 9.17) is 26.8 Å². The van der Waals surface area contributed by atoms with Gasteiger partial charge in [-0.05, 0) is 56.3 Å². The van der Waals surface area contributed by atoms with E-state index < -0.39 is 29.1 Å². The molecule has 1 heterocycles. The molecule has 0 aliphatic rings. The molecule has 0 aliphatic carbocycles. The van der Waals surface area contributed by atoms with Crippen LogP contribution in [-0.2, 0) is 6.18 Å². The summed E-state index contributed by atoms with van der Waals surface area (Å²) in [6.45, 7) is 3.64. The maximum absolute atomic E-state index is 13.3. The zero-order valence-corrected chi connectivity index (χ0v) is 18.7. The summed E-state index contributed by atoms with van der Waals surface area (Å²) in [6.07, 6.45) is -3.59. The van der Waals surface area contributed by atoms with Crippen molar-refractivity contribution in [3.63, 3.8) is 0 Å². The summed E-state index contributed by atoms with van der Waals surface area (Å²) in [6, 6.07) is 9.51. The van der Waals surface area contributed by atoms with Gasteiger partial charge in [-0.2, -0.15) is 13.2 Å². The Morgan fingerprint density at radius 2 is 1.76 bits per heavy atom. The minimum absolute atomic E-state index is 0.107. The number of nitrogens with one attached hydrogen (secondary N) is 1. The molecular formula is C23H19ClF3N3O4. The van der Waals surface area contributed by atoms with Crippen LogP contribution in [0.5, 0.6) is 17.2 Å². The quantitative estimate of drug-likeness (QED) is 0.440. The highest BCUT2D eigenvalue weighted by Gasteiger charge is 2.32. The Kier molecular flexibility index (Phi) is 7.31. The van der Waals surface area contributed by atoms with E-state index in [2.05, 4.69) is 10.3 Å². The van der Waals surface area contributed by atoms with Crippen molar-refractivity contribution < 1.29 is 32.2 Å². The molecule has 0 saturated heterocycles. The van der Waals surface area contributed by atoms with E-state index in [1.54, 1.807) is 6.07 Å². The number of halogens is 4. The second-order valence-electron chi connectivity index (χ2n) is 7.32. The second kappa shape index (κ2) is 10.0. The molecule has 3 aromatic rings. The number of hydrogen-bond donors (Lipinski definition) is 2. The fourth-order valence-corrected chi connectivity index (χ4v) is 3.05. The van der Waals surface area contributed by atoms with Crippen molar-refractivity contribution in [1.29, 1.82) is 0 Å². The normalized spacial score (nSPS) is 11.3. The number of aromatic nitrogens is 1. The Morgan fingerprint density at radius 1 is 1.06 bits per heavy atom. The third kappa shape index (κ3) is 6.16. The highest BCUT2D eigenvalue weighted by molar-refractivity contribution is 6.32. The number of nitrogens with zero attached hydrogens (tertiary/aromatic N) is 1. The van der Waals surface area contributed by atoms with Gasteiger partial charge in [0.25, 0.3) is 11.8 Å². The van der Waals surface area contributed by atoms with Crippen molar-refractivity contribution in [1.82, 2.24) is 4.98 Å². The van der Waals surface area contributed by atoms with Gasteiger partial charge < -0.3 is 20.5 Å². The van der Waals surface area contributed by atoms with Crippen molar-refractivity contribution >= 4 is 29.1 Å². The Balaban J connectivity index is 1.95. The Hall–Kier alpha value is -3.79. The molecule has 3 rings (SSSR count). The summed E-state index contributed by atoms with van der Waals surface area (Å²) >= 11 is 6.20. The van der Waals surface area contributed by atoms with Crippen LogP contribution in [0.2, 0.25) is 5.02 Å². The van der Waals surface area contributed by atoms with Crippen LogP contribution in [0.25, 0.3) is 0 Å². The maximum atomic E-state index is 13.3. The largest absolute Gasteiger partial charge is 0.489 e. The number of carbonyl (C=O) groups is 2. The smallest absolute Gasteiger partial charge is 0.416 e. The summed E-state index contributed by atoms with van der Waals surface area (Å²) in [5.41, 5.74) is 3.71. The van der Waals surface area contributed by atoms with Crippen LogP contribution < -0.4 is 20.5 Å². The minimum Gasteiger partial charge on any atom is -0.489 e. The van der Waals surface area contributed by atoms with Gasteiger partial charge in [-0.3, -0.25) is 14.6 Å². The molecule has 34 heavy (non-hydrogen) atoms. The van der Waals surface area contributed by atoms with E-state index in [1.165, 1.54) is 30.5 Å². The van der Waals surface area contributed by atoms with Crippen LogP contribution in [0.15, 0.2) is 54.7 Å². The molecule has 7 nitrogen and oxygen atoms in total. The first-order valence-corrected chi connectivity index (χ1v) is 10.2. The zero-order valence-electron chi connectivity index (χ0n) is 17.9. The van der Waals surface area contributed by atoms with Gasteiger partial charge in [-0.25, -0.2) is 0 Å². The lowest BCUT2D eigenvalue weighted by Gasteiger charge is -2.16. The van der Waals surface area contributed by atoms with Crippen molar-refractivity contribution in [3.8, 4) is 17.2 Å². The van der Waals surface area contributed by atoms with E-state index in [1.807, 2.05) is 13.8 Å². The number of amides is 2. The van der Waals surface area contributed by atoms with E-state index in [0.29, 0.717) is 11.8 Å². The van der Waals surface area contributed by atoms with Crippen LogP contribution in [-0.4, -0.2) is 22.9 Å². The molecule has 2 aromatic carbocycles. The standard InChI is InChI=1S/C23H19ClF3N3O4/c1-12(2)33-20-6-4-15(11-17(20)24)34-19-5-3-13(23(25,26)27)9-16(19)22(32)30-14-7-8-29-18(10-14)21(28)31/h3-12H,1-2H3,(H2,28,31)(H,29,30,32). The van der Waals surface area contributed by atoms with Gasteiger partial charge in [0.05, 0.1) is 22.3 Å². The number of carbonyl (C=O) groups excluding carboxylic acids is 2. The van der Waals surface area contributed by atoms with Crippen LogP contribution in [0.4, 0.5) is 18.9 Å². The van der Waals surface area contributed by atoms with E-state index in [9.17, 15) is 22.8 Å². The number of benzene rings is 2. The van der Waals surface area contributed by atoms with Crippen LogP contribution in [0.1, 0.15) is 40.3 Å². The first kappa shape index (κ1) is 24.8. The summed E-state index contributed by atoms with van der Waals surface area (Å²) in [7, 11) is 0. The third-order valence-electron chi connectivity index (χ3n) is 4.32. The lowest BCUT2D eigenvalue weighted by Crippen LogP contribution is -2.17. The molecule has 0 spiro atoms. The number of nitrogens with two attached hydrogens (primary N) is 1. The first-order valence-electron chi connectivity index (χ1n) is 9.86. The molecule has 3 N–H and O–H groups in total. The molecule has 0 aliphatic heterocycles. The molecule has 0 saturated carbocycles. The van der Waals surface area contributed by atoms with Gasteiger partial charge in [0.15, 0.2) is 0 Å². The van der Waals surface area contributed by atoms with Crippen molar-refractivity contribution in [2.45, 2.75) is 26.1 Å². The number of hydrogen-bond acceptors (Lipinski definition) is 5. The summed E-state index contributed by atoms with van der Waals surface area (Å²) < 4.78 is 51.1. The van der Waals surface area contributed by atoms with E-state index in [0.717, 1.165) is 12.1 Å². The Labute approximate surface area is 197 Å². The average Bonchev–Trinajstić information content (AvgIpc) is 2.75. The second-order valence-corrected chi connectivity index (χ2v) is 7.72. The summed E-state index contributed by atoms with van der Waals surface area (Å²) in [5, 5.41) is 2.64. The lowest BCUT2D eigenvalue weighted by atomic mass is 10.1. The topological polar surface area (TPSA) is 104 Å². The molecule has 178 valence electrons. The average molecular weight is 494 g/mol. The van der Waals surface area contributed by atoms with Crippen LogP contribution in [0, 0.1) is 0 Å². The molecule has 0 atom stereocenters. The molecule has 11 heteroatoms. The summed E-state index contributed by atoms with van der Waals surface area (Å²) in [4.78, 5) is 28.0. The van der Waals surface area contributed by atoms with Crippen molar-refractivity contribution in [3.05, 3.63) is 76.6 Å². The predicted octanol–water partition coefficient (Wildman–Crippen LogP) is 5.68. The van der Waals surface area contributed by atoms with Crippen LogP contribution >= 0.6 is 11.6 Å².